The molecule has 3 heteroatoms. The lowest BCUT2D eigenvalue weighted by molar-refractivity contribution is -0.117. The molecule has 2 heterocycles. The van der Waals surface area contributed by atoms with Crippen LogP contribution in [0, 0.1) is 0 Å². The average Bonchev–Trinajstić information content (AvgIpc) is 2.65. The number of amides is 1. The first kappa shape index (κ1) is 9.06. The molecule has 0 aliphatic carbocycles. The molecule has 0 atom stereocenters. The van der Waals surface area contributed by atoms with E-state index in [0.29, 0.717) is 0 Å². The first-order chi connectivity index (χ1) is 6.81. The second-order valence-electron chi connectivity index (χ2n) is 3.58. The molecule has 0 saturated heterocycles. The molecule has 1 aliphatic rings. The third-order valence-electron chi connectivity index (χ3n) is 2.66. The molecule has 0 radical (unpaired) electrons. The molecule has 0 spiro atoms. The van der Waals surface area contributed by atoms with Crippen LogP contribution in [0.2, 0.25) is 0 Å². The van der Waals surface area contributed by atoms with Crippen LogP contribution in [0.3, 0.4) is 0 Å². The van der Waals surface area contributed by atoms with Gasteiger partial charge in [0.15, 0.2) is 0 Å². The number of aromatic nitrogens is 1. The highest BCUT2D eigenvalue weighted by Crippen LogP contribution is 2.21. The fourth-order valence-corrected chi connectivity index (χ4v) is 1.81. The lowest BCUT2D eigenvalue weighted by Crippen LogP contribution is -2.27. The van der Waals surface area contributed by atoms with Crippen LogP contribution in [0.25, 0.3) is 5.57 Å². The molecule has 2 rings (SSSR count). The van der Waals surface area contributed by atoms with Gasteiger partial charge in [0, 0.05) is 32.0 Å². The fourth-order valence-electron chi connectivity index (χ4n) is 1.81. The van der Waals surface area contributed by atoms with E-state index in [0.717, 1.165) is 25.9 Å². The van der Waals surface area contributed by atoms with E-state index in [4.69, 9.17) is 0 Å². The Balaban J connectivity index is 2.18. The van der Waals surface area contributed by atoms with Crippen LogP contribution in [0.4, 0.5) is 0 Å². The summed E-state index contributed by atoms with van der Waals surface area (Å²) in [6.07, 6.45) is 6.05. The highest BCUT2D eigenvalue weighted by molar-refractivity contribution is 5.65. The largest absolute Gasteiger partial charge is 0.351 e. The molecule has 0 saturated carbocycles. The predicted octanol–water partition coefficient (Wildman–Crippen LogP) is 1.27. The van der Waals surface area contributed by atoms with Crippen molar-refractivity contribution in [2.45, 2.75) is 6.42 Å². The molecule has 14 heavy (non-hydrogen) atoms. The summed E-state index contributed by atoms with van der Waals surface area (Å²) in [4.78, 5) is 12.3. The van der Waals surface area contributed by atoms with E-state index in [9.17, 15) is 4.79 Å². The Kier molecular flexibility index (Phi) is 2.39. The summed E-state index contributed by atoms with van der Waals surface area (Å²) in [6.45, 7) is 1.57. The Bertz CT molecular complexity index is 365. The monoisotopic (exact) mass is 190 g/mol. The summed E-state index contributed by atoms with van der Waals surface area (Å²) < 4.78 is 2.11. The maximum atomic E-state index is 10.5. The molecule has 0 N–H and O–H groups in total. The molecular formula is C11H14N2O. The summed E-state index contributed by atoms with van der Waals surface area (Å²) >= 11 is 0. The number of rotatable bonds is 2. The number of nitrogens with zero attached hydrogens (tertiary/aromatic N) is 2. The summed E-state index contributed by atoms with van der Waals surface area (Å²) in [7, 11) is 2.04. The Hall–Kier alpha value is -1.51. The van der Waals surface area contributed by atoms with Crippen molar-refractivity contribution in [3.63, 3.8) is 0 Å². The van der Waals surface area contributed by atoms with E-state index >= 15 is 0 Å². The first-order valence-corrected chi connectivity index (χ1v) is 4.81. The third kappa shape index (κ3) is 1.58. The normalized spacial score (nSPS) is 16.6. The molecule has 1 aromatic rings. The summed E-state index contributed by atoms with van der Waals surface area (Å²) in [5, 5.41) is 0. The predicted molar refractivity (Wildman–Crippen MR) is 55.6 cm³/mol. The molecule has 0 unspecified atom stereocenters. The van der Waals surface area contributed by atoms with Crippen molar-refractivity contribution in [1.29, 1.82) is 0 Å². The molecular weight excluding hydrogens is 176 g/mol. The van der Waals surface area contributed by atoms with Crippen LogP contribution in [0.5, 0.6) is 0 Å². The third-order valence-corrected chi connectivity index (χ3v) is 2.66. The van der Waals surface area contributed by atoms with Crippen LogP contribution in [0.15, 0.2) is 24.4 Å². The van der Waals surface area contributed by atoms with Gasteiger partial charge in [0.1, 0.15) is 0 Å². The smallest absolute Gasteiger partial charge is 0.209 e. The van der Waals surface area contributed by atoms with Gasteiger partial charge in [0.2, 0.25) is 6.41 Å². The SMILES string of the molecule is Cn1cccc1C1=CCN(C=O)CC1. The van der Waals surface area contributed by atoms with E-state index in [1.165, 1.54) is 11.3 Å². The van der Waals surface area contributed by atoms with Gasteiger partial charge in [0.05, 0.1) is 0 Å². The highest BCUT2D eigenvalue weighted by Gasteiger charge is 2.12. The quantitative estimate of drug-likeness (QED) is 0.645. The Morgan fingerprint density at radius 2 is 2.36 bits per heavy atom. The highest BCUT2D eigenvalue weighted by atomic mass is 16.1. The number of aryl methyl sites for hydroxylation is 1. The van der Waals surface area contributed by atoms with Crippen LogP contribution >= 0.6 is 0 Å². The van der Waals surface area contributed by atoms with E-state index in [1.54, 1.807) is 4.90 Å². The lowest BCUT2D eigenvalue weighted by Gasteiger charge is -2.22. The Morgan fingerprint density at radius 1 is 1.50 bits per heavy atom. The van der Waals surface area contributed by atoms with Gasteiger partial charge in [0.25, 0.3) is 0 Å². The number of hydrogen-bond donors (Lipinski definition) is 0. The van der Waals surface area contributed by atoms with Crippen molar-refractivity contribution in [2.24, 2.45) is 7.05 Å². The number of carbonyl (C=O) groups is 1. The number of carbonyl (C=O) groups excluding carboxylic acids is 1. The van der Waals surface area contributed by atoms with Gasteiger partial charge in [-0.15, -0.1) is 0 Å². The maximum absolute atomic E-state index is 10.5. The molecule has 1 aromatic heterocycles. The van der Waals surface area contributed by atoms with Crippen molar-refractivity contribution in [1.82, 2.24) is 9.47 Å². The van der Waals surface area contributed by atoms with Crippen LogP contribution < -0.4 is 0 Å². The molecule has 74 valence electrons. The number of hydrogen-bond acceptors (Lipinski definition) is 1. The Labute approximate surface area is 83.6 Å². The summed E-state index contributed by atoms with van der Waals surface area (Å²) in [6, 6.07) is 4.16. The molecule has 0 fully saturated rings. The van der Waals surface area contributed by atoms with Gasteiger partial charge in [-0.25, -0.2) is 0 Å². The van der Waals surface area contributed by atoms with Crippen LogP contribution in [-0.2, 0) is 11.8 Å². The second kappa shape index (κ2) is 3.70. The zero-order valence-electron chi connectivity index (χ0n) is 8.31. The second-order valence-corrected chi connectivity index (χ2v) is 3.58. The van der Waals surface area contributed by atoms with E-state index in [-0.39, 0.29) is 0 Å². The van der Waals surface area contributed by atoms with Crippen molar-refractivity contribution in [3.05, 3.63) is 30.1 Å². The zero-order valence-corrected chi connectivity index (χ0v) is 8.31. The zero-order chi connectivity index (χ0) is 9.97. The molecule has 1 amide bonds. The molecule has 3 nitrogen and oxygen atoms in total. The minimum absolute atomic E-state index is 0.740. The van der Waals surface area contributed by atoms with Gasteiger partial charge >= 0.3 is 0 Å². The standard InChI is InChI=1S/C11H14N2O/c1-12-6-2-3-11(12)10-4-7-13(9-14)8-5-10/h2-4,6,9H,5,7-8H2,1H3. The van der Waals surface area contributed by atoms with Gasteiger partial charge in [-0.05, 0) is 24.1 Å². The minimum atomic E-state index is 0.740. The molecule has 0 aromatic carbocycles. The van der Waals surface area contributed by atoms with Gasteiger partial charge in [-0.1, -0.05) is 6.08 Å². The first-order valence-electron chi connectivity index (χ1n) is 4.81. The van der Waals surface area contributed by atoms with Crippen molar-refractivity contribution >= 4 is 12.0 Å². The summed E-state index contributed by atoms with van der Waals surface area (Å²) in [5.74, 6) is 0. The van der Waals surface area contributed by atoms with E-state index < -0.39 is 0 Å². The lowest BCUT2D eigenvalue weighted by atomic mass is 10.1. The van der Waals surface area contributed by atoms with Crippen LogP contribution in [0.1, 0.15) is 12.1 Å². The van der Waals surface area contributed by atoms with Gasteiger partial charge in [-0.2, -0.15) is 0 Å². The molecule has 0 bridgehead atoms. The maximum Gasteiger partial charge on any atom is 0.209 e. The summed E-state index contributed by atoms with van der Waals surface area (Å²) in [5.41, 5.74) is 2.60. The van der Waals surface area contributed by atoms with E-state index in [1.807, 2.05) is 19.3 Å². The van der Waals surface area contributed by atoms with Gasteiger partial charge < -0.3 is 9.47 Å². The van der Waals surface area contributed by atoms with Crippen LogP contribution in [-0.4, -0.2) is 29.0 Å². The minimum Gasteiger partial charge on any atom is -0.351 e. The Morgan fingerprint density at radius 3 is 2.86 bits per heavy atom. The van der Waals surface area contributed by atoms with Gasteiger partial charge in [-0.3, -0.25) is 4.79 Å². The van der Waals surface area contributed by atoms with Crippen molar-refractivity contribution in [2.75, 3.05) is 13.1 Å². The topological polar surface area (TPSA) is 25.2 Å². The molecule has 1 aliphatic heterocycles. The van der Waals surface area contributed by atoms with Crippen molar-refractivity contribution in [3.8, 4) is 0 Å². The fraction of sp³-hybridized carbons (Fsp3) is 0.364. The van der Waals surface area contributed by atoms with Crippen molar-refractivity contribution < 1.29 is 4.79 Å². The van der Waals surface area contributed by atoms with E-state index in [2.05, 4.69) is 16.7 Å². The average molecular weight is 190 g/mol.